The van der Waals surface area contributed by atoms with Crippen molar-refractivity contribution in [2.24, 2.45) is 0 Å². The van der Waals surface area contributed by atoms with Gasteiger partial charge < -0.3 is 24.9 Å². The van der Waals surface area contributed by atoms with Gasteiger partial charge in [0.2, 0.25) is 5.60 Å². The van der Waals surface area contributed by atoms with Crippen molar-refractivity contribution in [2.45, 2.75) is 56.5 Å². The molecule has 0 fully saturated rings. The lowest BCUT2D eigenvalue weighted by molar-refractivity contribution is -0.277. The van der Waals surface area contributed by atoms with E-state index >= 15 is 0 Å². The number of aromatic nitrogens is 3. The zero-order valence-electron chi connectivity index (χ0n) is 21.1. The summed E-state index contributed by atoms with van der Waals surface area (Å²) in [5, 5.41) is 17.1. The van der Waals surface area contributed by atoms with Gasteiger partial charge in [-0.05, 0) is 43.0 Å². The van der Waals surface area contributed by atoms with Gasteiger partial charge in [-0.1, -0.05) is 18.6 Å². The van der Waals surface area contributed by atoms with Gasteiger partial charge in [0, 0.05) is 13.1 Å². The first-order valence-corrected chi connectivity index (χ1v) is 12.0. The number of rotatable bonds is 3. The summed E-state index contributed by atoms with van der Waals surface area (Å²) in [5.41, 5.74) is -2.24. The van der Waals surface area contributed by atoms with E-state index in [1.807, 2.05) is 0 Å². The van der Waals surface area contributed by atoms with Crippen molar-refractivity contribution >= 4 is 11.6 Å². The maximum atomic E-state index is 14.0. The molecule has 9 nitrogen and oxygen atoms in total. The van der Waals surface area contributed by atoms with E-state index in [1.165, 1.54) is 6.07 Å². The summed E-state index contributed by atoms with van der Waals surface area (Å²) in [6.07, 6.45) is -16.9. The van der Waals surface area contributed by atoms with E-state index in [2.05, 4.69) is 19.9 Å². The first kappa shape index (κ1) is 30.9. The summed E-state index contributed by atoms with van der Waals surface area (Å²) in [6.45, 7) is -0.867. The molecule has 228 valence electrons. The van der Waals surface area contributed by atoms with Gasteiger partial charge >= 0.3 is 18.7 Å². The lowest BCUT2D eigenvalue weighted by Gasteiger charge is -2.28. The van der Waals surface area contributed by atoms with Crippen LogP contribution in [0.3, 0.4) is 0 Å². The highest BCUT2D eigenvalue weighted by atomic mass is 19.4. The van der Waals surface area contributed by atoms with E-state index in [1.54, 1.807) is 0 Å². The van der Waals surface area contributed by atoms with Crippen molar-refractivity contribution in [3.05, 3.63) is 53.0 Å². The minimum Gasteiger partial charge on any atom is -0.416 e. The van der Waals surface area contributed by atoms with E-state index in [0.717, 1.165) is 23.1 Å². The molecule has 3 heterocycles. The fourth-order valence-electron chi connectivity index (χ4n) is 4.26. The number of aliphatic hydroxyl groups is 1. The largest absolute Gasteiger partial charge is 0.573 e. The van der Waals surface area contributed by atoms with E-state index < -0.39 is 83.4 Å². The van der Waals surface area contributed by atoms with Crippen LogP contribution in [0.1, 0.15) is 53.2 Å². The summed E-state index contributed by atoms with van der Waals surface area (Å²) < 4.78 is 130. The second kappa shape index (κ2) is 11.0. The Kier molecular flexibility index (Phi) is 8.05. The molecule has 1 aliphatic rings. The third-order valence-electron chi connectivity index (χ3n) is 6.27. The average Bonchev–Trinajstić information content (AvgIpc) is 3.35. The maximum Gasteiger partial charge on any atom is 0.573 e. The second-order valence-electron chi connectivity index (χ2n) is 9.32. The number of hydrogen-bond acceptors (Lipinski definition) is 8. The van der Waals surface area contributed by atoms with Crippen LogP contribution in [0.4, 0.5) is 45.2 Å². The summed E-state index contributed by atoms with van der Waals surface area (Å²) in [7, 11) is 0. The molecule has 1 amide bonds. The molecule has 4 rings (SSSR count). The number of amides is 1. The number of benzene rings is 1. The smallest absolute Gasteiger partial charge is 0.416 e. The summed E-state index contributed by atoms with van der Waals surface area (Å²) in [5.74, 6) is -4.15. The number of anilines is 1. The molecule has 0 spiro atoms. The number of carbonyl (C=O) groups is 1. The molecule has 3 N–H and O–H groups in total. The molecule has 1 aliphatic heterocycles. The van der Waals surface area contributed by atoms with Crippen molar-refractivity contribution in [2.75, 3.05) is 12.3 Å². The van der Waals surface area contributed by atoms with Crippen LogP contribution >= 0.6 is 0 Å². The van der Waals surface area contributed by atoms with Gasteiger partial charge in [-0.2, -0.15) is 26.3 Å². The van der Waals surface area contributed by atoms with Gasteiger partial charge in [0.15, 0.2) is 5.69 Å². The van der Waals surface area contributed by atoms with E-state index in [0.29, 0.717) is 6.07 Å². The van der Waals surface area contributed by atoms with Gasteiger partial charge in [0.25, 0.3) is 17.7 Å². The minimum atomic E-state index is -5.29. The molecule has 3 aromatic rings. The number of hydrogen-bond donors (Lipinski definition) is 2. The standard InChI is InChI=1S/C24H20F9N5O4/c25-22(26,27)14-10-15(34)17-18-36-37-20(41-18)21(40,23(28,29)30)7-2-1-3-8-38(19(39)16(14)35-17)11-12-5-4-6-13(9-12)42-24(31,32)33/h4-6,9-10,40H,1-3,7-8,11,34H2/t21-/m1/s1. The highest BCUT2D eigenvalue weighted by Gasteiger charge is 2.58. The SMILES string of the molecule is Nc1cc(C(F)(F)F)c2nc1-c1nnc(o1)[C@@](O)(C(F)(F)F)CCCCCN(Cc1cccc(OC(F)(F)F)c1)C2=O. The third kappa shape index (κ3) is 6.52. The quantitative estimate of drug-likeness (QED) is 0.366. The number of nitrogen functional groups attached to an aromatic ring is 1. The summed E-state index contributed by atoms with van der Waals surface area (Å²) in [4.78, 5) is 18.0. The van der Waals surface area contributed by atoms with Crippen LogP contribution in [0.25, 0.3) is 11.6 Å². The van der Waals surface area contributed by atoms with Crippen LogP contribution < -0.4 is 10.5 Å². The fraction of sp³-hybridized carbons (Fsp3) is 0.417. The number of halogens is 9. The molecule has 1 atom stereocenters. The maximum absolute atomic E-state index is 14.0. The van der Waals surface area contributed by atoms with Crippen molar-refractivity contribution in [1.82, 2.24) is 20.1 Å². The molecular weight excluding hydrogens is 593 g/mol. The molecule has 0 saturated heterocycles. The Bertz CT molecular complexity index is 1460. The molecule has 18 heteroatoms. The van der Waals surface area contributed by atoms with Gasteiger partial charge in [-0.25, -0.2) is 4.98 Å². The van der Waals surface area contributed by atoms with Crippen molar-refractivity contribution < 1.29 is 58.6 Å². The van der Waals surface area contributed by atoms with Crippen LogP contribution in [0, 0.1) is 0 Å². The zero-order valence-corrected chi connectivity index (χ0v) is 21.1. The number of ether oxygens (including phenoxy) is 1. The Morgan fingerprint density at radius 2 is 1.71 bits per heavy atom. The Balaban J connectivity index is 1.83. The molecule has 4 bridgehead atoms. The highest BCUT2D eigenvalue weighted by Crippen LogP contribution is 2.44. The predicted molar refractivity (Wildman–Crippen MR) is 123 cm³/mol. The van der Waals surface area contributed by atoms with Crippen molar-refractivity contribution in [1.29, 1.82) is 0 Å². The summed E-state index contributed by atoms with van der Waals surface area (Å²) >= 11 is 0. The Morgan fingerprint density at radius 1 is 1.00 bits per heavy atom. The van der Waals surface area contributed by atoms with E-state index in [9.17, 15) is 49.4 Å². The molecule has 1 aromatic carbocycles. The molecular formula is C24H20F9N5O4. The average molecular weight is 613 g/mol. The fourth-order valence-corrected chi connectivity index (χ4v) is 4.26. The number of alkyl halides is 9. The van der Waals surface area contributed by atoms with Crippen LogP contribution in [-0.4, -0.2) is 50.2 Å². The van der Waals surface area contributed by atoms with Crippen LogP contribution in [0.5, 0.6) is 5.75 Å². The molecule has 42 heavy (non-hydrogen) atoms. The molecule has 0 saturated carbocycles. The molecule has 0 aliphatic carbocycles. The van der Waals surface area contributed by atoms with Crippen LogP contribution in [0.15, 0.2) is 34.7 Å². The van der Waals surface area contributed by atoms with Gasteiger partial charge in [-0.3, -0.25) is 4.79 Å². The third-order valence-corrected chi connectivity index (χ3v) is 6.27. The Labute approximate surface area is 230 Å². The lowest BCUT2D eigenvalue weighted by Crippen LogP contribution is -2.42. The van der Waals surface area contributed by atoms with Gasteiger partial charge in [0.1, 0.15) is 11.4 Å². The summed E-state index contributed by atoms with van der Waals surface area (Å²) in [6, 6.07) is 4.66. The first-order chi connectivity index (χ1) is 19.4. The number of carbonyl (C=O) groups excluding carboxylic acids is 1. The minimum absolute atomic E-state index is 0.0310. The first-order valence-electron chi connectivity index (χ1n) is 12.0. The van der Waals surface area contributed by atoms with Crippen molar-refractivity contribution in [3.8, 4) is 17.3 Å². The van der Waals surface area contributed by atoms with E-state index in [4.69, 9.17) is 10.2 Å². The lowest BCUT2D eigenvalue weighted by atomic mass is 9.95. The molecule has 2 aromatic heterocycles. The Hall–Kier alpha value is -4.09. The van der Waals surface area contributed by atoms with E-state index in [-0.39, 0.29) is 31.4 Å². The molecule has 0 radical (unpaired) electrons. The molecule has 0 unspecified atom stereocenters. The van der Waals surface area contributed by atoms with Crippen LogP contribution in [-0.2, 0) is 18.3 Å². The number of nitrogens with two attached hydrogens (primary N) is 1. The van der Waals surface area contributed by atoms with Crippen LogP contribution in [0.2, 0.25) is 0 Å². The second-order valence-corrected chi connectivity index (χ2v) is 9.32. The number of fused-ring (bicyclic) bond motifs is 5. The van der Waals surface area contributed by atoms with Gasteiger partial charge in [0.05, 0.1) is 11.3 Å². The number of nitrogens with zero attached hydrogens (tertiary/aromatic N) is 4. The topological polar surface area (TPSA) is 128 Å². The number of pyridine rings is 1. The Morgan fingerprint density at radius 3 is 2.36 bits per heavy atom. The highest BCUT2D eigenvalue weighted by molar-refractivity contribution is 5.95. The van der Waals surface area contributed by atoms with Gasteiger partial charge in [-0.15, -0.1) is 23.4 Å². The predicted octanol–water partition coefficient (Wildman–Crippen LogP) is 5.60. The van der Waals surface area contributed by atoms with Crippen molar-refractivity contribution in [3.63, 3.8) is 0 Å². The monoisotopic (exact) mass is 613 g/mol. The zero-order chi connectivity index (χ0) is 31.1. The normalized spacial score (nSPS) is 19.0.